The van der Waals surface area contributed by atoms with Crippen LogP contribution in [0, 0.1) is 5.41 Å². The predicted octanol–water partition coefficient (Wildman–Crippen LogP) is 3.66. The fourth-order valence-electron chi connectivity index (χ4n) is 2.73. The van der Waals surface area contributed by atoms with Crippen molar-refractivity contribution in [1.29, 1.82) is 0 Å². The van der Waals surface area contributed by atoms with E-state index in [2.05, 4.69) is 19.2 Å². The van der Waals surface area contributed by atoms with Gasteiger partial charge >= 0.3 is 0 Å². The fourth-order valence-corrected chi connectivity index (χ4v) is 2.73. The molecule has 0 amide bonds. The zero-order chi connectivity index (χ0) is 13.2. The number of ether oxygens (including phenoxy) is 1. The average molecular weight is 248 g/mol. The number of hydrogen-bond acceptors (Lipinski definition) is 3. The summed E-state index contributed by atoms with van der Waals surface area (Å²) in [5.41, 5.74) is 8.31. The molecule has 18 heavy (non-hydrogen) atoms. The Morgan fingerprint density at radius 3 is 2.83 bits per heavy atom. The van der Waals surface area contributed by atoms with Gasteiger partial charge in [0, 0.05) is 6.04 Å². The maximum Gasteiger partial charge on any atom is 0.144 e. The van der Waals surface area contributed by atoms with Crippen LogP contribution in [0.15, 0.2) is 18.2 Å². The molecule has 100 valence electrons. The second-order valence-corrected chi connectivity index (χ2v) is 5.90. The molecule has 0 bridgehead atoms. The van der Waals surface area contributed by atoms with E-state index in [1.807, 2.05) is 25.1 Å². The van der Waals surface area contributed by atoms with Crippen LogP contribution in [0.3, 0.4) is 0 Å². The van der Waals surface area contributed by atoms with Crippen molar-refractivity contribution in [1.82, 2.24) is 0 Å². The molecule has 1 unspecified atom stereocenters. The highest BCUT2D eigenvalue weighted by Crippen LogP contribution is 2.39. The van der Waals surface area contributed by atoms with E-state index in [1.165, 1.54) is 19.3 Å². The minimum atomic E-state index is 0.448. The standard InChI is InChI=1S/C15H24N2O/c1-4-18-13-7-5-6-12(14(13)16)17-11-8-9-15(2,3)10-11/h5-7,11,17H,4,8-10,16H2,1-3H3. The molecule has 0 radical (unpaired) electrons. The normalized spacial score (nSPS) is 21.8. The van der Waals surface area contributed by atoms with Gasteiger partial charge in [0.1, 0.15) is 5.75 Å². The van der Waals surface area contributed by atoms with Gasteiger partial charge in [-0.2, -0.15) is 0 Å². The Kier molecular flexibility index (Phi) is 3.69. The smallest absolute Gasteiger partial charge is 0.144 e. The van der Waals surface area contributed by atoms with Crippen molar-refractivity contribution in [2.75, 3.05) is 17.7 Å². The number of benzene rings is 1. The molecule has 3 nitrogen and oxygen atoms in total. The summed E-state index contributed by atoms with van der Waals surface area (Å²) in [4.78, 5) is 0. The highest BCUT2D eigenvalue weighted by Gasteiger charge is 2.31. The summed E-state index contributed by atoms with van der Waals surface area (Å²) >= 11 is 0. The number of nitrogen functional groups attached to an aromatic ring is 1. The molecule has 1 atom stereocenters. The summed E-state index contributed by atoms with van der Waals surface area (Å²) in [6, 6.07) is 6.47. The SMILES string of the molecule is CCOc1cccc(NC2CCC(C)(C)C2)c1N. The van der Waals surface area contributed by atoms with Crippen LogP contribution in [0.25, 0.3) is 0 Å². The van der Waals surface area contributed by atoms with Crippen molar-refractivity contribution in [2.24, 2.45) is 5.41 Å². The molecule has 0 aromatic heterocycles. The molecule has 2 rings (SSSR count). The minimum absolute atomic E-state index is 0.448. The summed E-state index contributed by atoms with van der Waals surface area (Å²) in [6.07, 6.45) is 3.69. The van der Waals surface area contributed by atoms with Gasteiger partial charge in [0.15, 0.2) is 0 Å². The Balaban J connectivity index is 2.08. The Bertz CT molecular complexity index is 415. The molecule has 0 spiro atoms. The van der Waals surface area contributed by atoms with Gasteiger partial charge in [-0.3, -0.25) is 0 Å². The van der Waals surface area contributed by atoms with Crippen LogP contribution < -0.4 is 15.8 Å². The van der Waals surface area contributed by atoms with Gasteiger partial charge in [-0.25, -0.2) is 0 Å². The molecule has 1 saturated carbocycles. The predicted molar refractivity (Wildman–Crippen MR) is 77.1 cm³/mol. The second kappa shape index (κ2) is 5.09. The maximum absolute atomic E-state index is 6.13. The Morgan fingerprint density at radius 2 is 2.22 bits per heavy atom. The van der Waals surface area contributed by atoms with E-state index in [1.54, 1.807) is 0 Å². The molecule has 1 aliphatic carbocycles. The summed E-state index contributed by atoms with van der Waals surface area (Å²) in [5.74, 6) is 0.778. The fraction of sp³-hybridized carbons (Fsp3) is 0.600. The summed E-state index contributed by atoms with van der Waals surface area (Å²) < 4.78 is 5.52. The maximum atomic E-state index is 6.13. The van der Waals surface area contributed by atoms with Crippen molar-refractivity contribution in [2.45, 2.75) is 46.1 Å². The average Bonchev–Trinajstić information content (AvgIpc) is 2.64. The van der Waals surface area contributed by atoms with E-state index in [9.17, 15) is 0 Å². The summed E-state index contributed by atoms with van der Waals surface area (Å²) in [6.45, 7) is 7.27. The first-order valence-electron chi connectivity index (χ1n) is 6.79. The van der Waals surface area contributed by atoms with E-state index < -0.39 is 0 Å². The highest BCUT2D eigenvalue weighted by molar-refractivity contribution is 5.73. The van der Waals surface area contributed by atoms with Gasteiger partial charge in [0.05, 0.1) is 18.0 Å². The number of anilines is 2. The Labute approximate surface area is 110 Å². The van der Waals surface area contributed by atoms with E-state index in [0.717, 1.165) is 17.1 Å². The van der Waals surface area contributed by atoms with E-state index >= 15 is 0 Å². The van der Waals surface area contributed by atoms with Crippen molar-refractivity contribution in [3.8, 4) is 5.75 Å². The van der Waals surface area contributed by atoms with Crippen LogP contribution in [0.2, 0.25) is 0 Å². The zero-order valence-electron chi connectivity index (χ0n) is 11.6. The van der Waals surface area contributed by atoms with Gasteiger partial charge < -0.3 is 15.8 Å². The van der Waals surface area contributed by atoms with Crippen LogP contribution in [0.4, 0.5) is 11.4 Å². The lowest BCUT2D eigenvalue weighted by Crippen LogP contribution is -2.18. The number of hydrogen-bond donors (Lipinski definition) is 2. The quantitative estimate of drug-likeness (QED) is 0.799. The third kappa shape index (κ3) is 2.89. The van der Waals surface area contributed by atoms with Crippen LogP contribution in [-0.2, 0) is 0 Å². The first kappa shape index (κ1) is 13.1. The molecule has 1 aliphatic rings. The molecule has 1 aromatic carbocycles. The van der Waals surface area contributed by atoms with Crippen LogP contribution in [0.1, 0.15) is 40.0 Å². The Morgan fingerprint density at radius 1 is 1.44 bits per heavy atom. The van der Waals surface area contributed by atoms with E-state index in [4.69, 9.17) is 10.5 Å². The lowest BCUT2D eigenvalue weighted by atomic mass is 9.92. The van der Waals surface area contributed by atoms with E-state index in [0.29, 0.717) is 18.1 Å². The van der Waals surface area contributed by atoms with Gasteiger partial charge in [-0.05, 0) is 43.7 Å². The van der Waals surface area contributed by atoms with Crippen LogP contribution >= 0.6 is 0 Å². The lowest BCUT2D eigenvalue weighted by molar-refractivity contribution is 0.342. The van der Waals surface area contributed by atoms with Gasteiger partial charge in [0.25, 0.3) is 0 Å². The highest BCUT2D eigenvalue weighted by atomic mass is 16.5. The summed E-state index contributed by atoms with van der Waals surface area (Å²) in [7, 11) is 0. The molecule has 3 N–H and O–H groups in total. The molecular weight excluding hydrogens is 224 g/mol. The van der Waals surface area contributed by atoms with Gasteiger partial charge in [-0.15, -0.1) is 0 Å². The molecule has 3 heteroatoms. The Hall–Kier alpha value is -1.38. The molecule has 0 heterocycles. The minimum Gasteiger partial charge on any atom is -0.492 e. The molecule has 1 aromatic rings. The topological polar surface area (TPSA) is 47.3 Å². The van der Waals surface area contributed by atoms with E-state index in [-0.39, 0.29) is 0 Å². The third-order valence-electron chi connectivity index (χ3n) is 3.69. The molecule has 0 aliphatic heterocycles. The lowest BCUT2D eigenvalue weighted by Gasteiger charge is -2.20. The first-order chi connectivity index (χ1) is 8.52. The second-order valence-electron chi connectivity index (χ2n) is 5.90. The van der Waals surface area contributed by atoms with Crippen LogP contribution in [-0.4, -0.2) is 12.6 Å². The molecular formula is C15H24N2O. The van der Waals surface area contributed by atoms with Crippen molar-refractivity contribution < 1.29 is 4.74 Å². The van der Waals surface area contributed by atoms with Crippen LogP contribution in [0.5, 0.6) is 5.75 Å². The third-order valence-corrected chi connectivity index (χ3v) is 3.69. The van der Waals surface area contributed by atoms with Crippen molar-refractivity contribution in [3.05, 3.63) is 18.2 Å². The first-order valence-corrected chi connectivity index (χ1v) is 6.79. The monoisotopic (exact) mass is 248 g/mol. The number of rotatable bonds is 4. The molecule has 1 fully saturated rings. The zero-order valence-corrected chi connectivity index (χ0v) is 11.6. The van der Waals surface area contributed by atoms with Gasteiger partial charge in [0.2, 0.25) is 0 Å². The van der Waals surface area contributed by atoms with Crippen molar-refractivity contribution >= 4 is 11.4 Å². The summed E-state index contributed by atoms with van der Waals surface area (Å²) in [5, 5.41) is 3.56. The number of para-hydroxylation sites is 1. The number of nitrogens with two attached hydrogens (primary N) is 1. The van der Waals surface area contributed by atoms with Crippen molar-refractivity contribution in [3.63, 3.8) is 0 Å². The molecule has 0 saturated heterocycles. The largest absolute Gasteiger partial charge is 0.492 e. The number of nitrogens with one attached hydrogen (secondary N) is 1. The van der Waals surface area contributed by atoms with Gasteiger partial charge in [-0.1, -0.05) is 19.9 Å².